The van der Waals surface area contributed by atoms with E-state index in [9.17, 15) is 4.79 Å². The summed E-state index contributed by atoms with van der Waals surface area (Å²) in [7, 11) is 0. The van der Waals surface area contributed by atoms with Crippen LogP contribution in [0.5, 0.6) is 0 Å². The zero-order valence-electron chi connectivity index (χ0n) is 16.3. The fourth-order valence-electron chi connectivity index (χ4n) is 5.42. The lowest BCUT2D eigenvalue weighted by molar-refractivity contribution is -0.119. The second-order valence-corrected chi connectivity index (χ2v) is 8.39. The van der Waals surface area contributed by atoms with Crippen LogP contribution < -0.4 is 0 Å². The number of hydrogen-bond acceptors (Lipinski definition) is 1. The van der Waals surface area contributed by atoms with Crippen molar-refractivity contribution >= 4 is 5.78 Å². The van der Waals surface area contributed by atoms with E-state index in [-0.39, 0.29) is 5.92 Å². The van der Waals surface area contributed by atoms with Crippen molar-refractivity contribution in [1.82, 2.24) is 0 Å². The van der Waals surface area contributed by atoms with Crippen LogP contribution in [0.1, 0.15) is 68.4 Å². The molecule has 0 amide bonds. The van der Waals surface area contributed by atoms with E-state index >= 15 is 0 Å². The first-order valence-electron chi connectivity index (χ1n) is 10.5. The molecule has 0 saturated carbocycles. The van der Waals surface area contributed by atoms with E-state index in [0.717, 1.165) is 18.8 Å². The van der Waals surface area contributed by atoms with Crippen molar-refractivity contribution in [3.8, 4) is 0 Å². The second kappa shape index (κ2) is 7.84. The molecular formula is C26H30O. The topological polar surface area (TPSA) is 17.1 Å². The third-order valence-corrected chi connectivity index (χ3v) is 6.83. The van der Waals surface area contributed by atoms with E-state index in [0.29, 0.717) is 12.2 Å². The molecule has 0 aromatic heterocycles. The standard InChI is InChI=1S/C26H30O/c1-3-19-16-21-15-18(13-14-24(21)22(19)4-2)9-5-7-12-25-23-11-8-6-10-20(23)17-26(25)27/h3-4,6,8,10-11,18,25H,1-2,5,7,9,12-17H2. The van der Waals surface area contributed by atoms with Crippen molar-refractivity contribution in [2.75, 3.05) is 0 Å². The van der Waals surface area contributed by atoms with Gasteiger partial charge in [0.05, 0.1) is 0 Å². The van der Waals surface area contributed by atoms with Gasteiger partial charge in [-0.1, -0.05) is 74.4 Å². The number of carbonyl (C=O) groups is 1. The largest absolute Gasteiger partial charge is 0.299 e. The average molecular weight is 359 g/mol. The summed E-state index contributed by atoms with van der Waals surface area (Å²) in [5, 5.41) is 0. The summed E-state index contributed by atoms with van der Waals surface area (Å²) in [5.41, 5.74) is 8.47. The third kappa shape index (κ3) is 3.52. The lowest BCUT2D eigenvalue weighted by Crippen LogP contribution is -2.10. The molecule has 0 aliphatic heterocycles. The minimum absolute atomic E-state index is 0.159. The lowest BCUT2D eigenvalue weighted by atomic mass is 9.80. The van der Waals surface area contributed by atoms with Crippen molar-refractivity contribution < 1.29 is 4.79 Å². The minimum atomic E-state index is 0.159. The molecule has 0 fully saturated rings. The quantitative estimate of drug-likeness (QED) is 0.500. The first kappa shape index (κ1) is 18.2. The van der Waals surface area contributed by atoms with E-state index in [1.54, 1.807) is 11.1 Å². The van der Waals surface area contributed by atoms with Gasteiger partial charge < -0.3 is 0 Å². The summed E-state index contributed by atoms with van der Waals surface area (Å²) in [6.45, 7) is 7.98. The van der Waals surface area contributed by atoms with Gasteiger partial charge in [-0.3, -0.25) is 4.79 Å². The molecule has 0 N–H and O–H groups in total. The van der Waals surface area contributed by atoms with Crippen LogP contribution in [0.25, 0.3) is 0 Å². The number of hydrogen-bond donors (Lipinski definition) is 0. The molecule has 3 aliphatic carbocycles. The van der Waals surface area contributed by atoms with Gasteiger partial charge in [-0.15, -0.1) is 0 Å². The van der Waals surface area contributed by atoms with E-state index in [1.165, 1.54) is 60.8 Å². The van der Waals surface area contributed by atoms with Gasteiger partial charge in [0.2, 0.25) is 0 Å². The number of unbranched alkanes of at least 4 members (excludes halogenated alkanes) is 1. The van der Waals surface area contributed by atoms with Crippen LogP contribution in [0.2, 0.25) is 0 Å². The Morgan fingerprint density at radius 1 is 1.04 bits per heavy atom. The molecule has 0 bridgehead atoms. The first-order valence-corrected chi connectivity index (χ1v) is 10.5. The summed E-state index contributed by atoms with van der Waals surface area (Å²) >= 11 is 0. The smallest absolute Gasteiger partial charge is 0.144 e. The molecule has 0 heterocycles. The van der Waals surface area contributed by atoms with Gasteiger partial charge >= 0.3 is 0 Å². The lowest BCUT2D eigenvalue weighted by Gasteiger charge is -2.25. The Labute approximate surface area is 163 Å². The van der Waals surface area contributed by atoms with Gasteiger partial charge in [0, 0.05) is 12.3 Å². The summed E-state index contributed by atoms with van der Waals surface area (Å²) in [6, 6.07) is 8.39. The summed E-state index contributed by atoms with van der Waals surface area (Å²) in [4.78, 5) is 12.3. The zero-order chi connectivity index (χ0) is 18.8. The summed E-state index contributed by atoms with van der Waals surface area (Å²) in [5.74, 6) is 1.39. The molecule has 0 radical (unpaired) electrons. The Morgan fingerprint density at radius 2 is 1.85 bits per heavy atom. The maximum atomic E-state index is 12.3. The molecule has 4 rings (SSSR count). The number of benzene rings is 1. The van der Waals surface area contributed by atoms with E-state index in [1.807, 2.05) is 18.2 Å². The highest BCUT2D eigenvalue weighted by atomic mass is 16.1. The van der Waals surface area contributed by atoms with Crippen molar-refractivity contribution in [2.45, 2.75) is 63.7 Å². The minimum Gasteiger partial charge on any atom is -0.299 e. The highest BCUT2D eigenvalue weighted by Gasteiger charge is 2.30. The number of fused-ring (bicyclic) bond motifs is 1. The Bertz CT molecular complexity index is 836. The van der Waals surface area contributed by atoms with Crippen LogP contribution in [0.15, 0.2) is 71.9 Å². The first-order chi connectivity index (χ1) is 13.2. The van der Waals surface area contributed by atoms with Crippen LogP contribution in [0.4, 0.5) is 0 Å². The Morgan fingerprint density at radius 3 is 2.67 bits per heavy atom. The van der Waals surface area contributed by atoms with E-state index < -0.39 is 0 Å². The normalized spacial score (nSPS) is 24.2. The number of rotatable bonds is 7. The van der Waals surface area contributed by atoms with Gasteiger partial charge in [0.25, 0.3) is 0 Å². The molecule has 2 unspecified atom stereocenters. The molecule has 2 atom stereocenters. The predicted molar refractivity (Wildman–Crippen MR) is 113 cm³/mol. The zero-order valence-corrected chi connectivity index (χ0v) is 16.3. The Kier molecular flexibility index (Phi) is 5.29. The molecule has 0 saturated heterocycles. The van der Waals surface area contributed by atoms with Gasteiger partial charge in [-0.05, 0) is 65.9 Å². The molecular weight excluding hydrogens is 328 g/mol. The van der Waals surface area contributed by atoms with E-state index in [4.69, 9.17) is 0 Å². The molecule has 1 aromatic carbocycles. The average Bonchev–Trinajstić information content (AvgIpc) is 3.21. The second-order valence-electron chi connectivity index (χ2n) is 8.39. The van der Waals surface area contributed by atoms with Crippen molar-refractivity contribution in [3.63, 3.8) is 0 Å². The van der Waals surface area contributed by atoms with Crippen molar-refractivity contribution in [1.29, 1.82) is 0 Å². The van der Waals surface area contributed by atoms with Gasteiger partial charge in [-0.2, -0.15) is 0 Å². The van der Waals surface area contributed by atoms with Crippen LogP contribution >= 0.6 is 0 Å². The van der Waals surface area contributed by atoms with E-state index in [2.05, 4.69) is 31.4 Å². The molecule has 1 nitrogen and oxygen atoms in total. The molecule has 0 spiro atoms. The number of ketones is 1. The fourth-order valence-corrected chi connectivity index (χ4v) is 5.42. The van der Waals surface area contributed by atoms with Crippen molar-refractivity contribution in [2.24, 2.45) is 5.92 Å². The highest BCUT2D eigenvalue weighted by Crippen LogP contribution is 2.45. The predicted octanol–water partition coefficient (Wildman–Crippen LogP) is 6.62. The molecule has 27 heavy (non-hydrogen) atoms. The van der Waals surface area contributed by atoms with Crippen LogP contribution in [-0.4, -0.2) is 5.78 Å². The summed E-state index contributed by atoms with van der Waals surface area (Å²) in [6.07, 6.45) is 14.3. The summed E-state index contributed by atoms with van der Waals surface area (Å²) < 4.78 is 0. The van der Waals surface area contributed by atoms with Crippen LogP contribution in [0, 0.1) is 5.92 Å². The fraction of sp³-hybridized carbons (Fsp3) is 0.423. The monoisotopic (exact) mass is 358 g/mol. The maximum Gasteiger partial charge on any atom is 0.144 e. The van der Waals surface area contributed by atoms with Gasteiger partial charge in [-0.25, -0.2) is 0 Å². The van der Waals surface area contributed by atoms with Gasteiger partial charge in [0.1, 0.15) is 5.78 Å². The number of Topliss-reactive ketones (excluding diaryl/α,β-unsaturated/α-hetero) is 1. The molecule has 1 aromatic rings. The molecule has 140 valence electrons. The third-order valence-electron chi connectivity index (χ3n) is 6.83. The molecule has 3 aliphatic rings. The maximum absolute atomic E-state index is 12.3. The van der Waals surface area contributed by atoms with Crippen LogP contribution in [0.3, 0.4) is 0 Å². The van der Waals surface area contributed by atoms with Crippen molar-refractivity contribution in [3.05, 3.63) is 83.0 Å². The highest BCUT2D eigenvalue weighted by molar-refractivity contribution is 5.92. The number of carbonyl (C=O) groups excluding carboxylic acids is 1. The van der Waals surface area contributed by atoms with Gasteiger partial charge in [0.15, 0.2) is 0 Å². The SMILES string of the molecule is C=CC1=C(C=C)C2=C(C1)CC(CCCCC1C(=O)Cc3ccccc31)CC2. The Hall–Kier alpha value is -2.15. The molecule has 1 heteroatoms. The van der Waals surface area contributed by atoms with Crippen LogP contribution in [-0.2, 0) is 11.2 Å². The number of allylic oxidation sites excluding steroid dienone is 6. The Balaban J connectivity index is 1.27.